The van der Waals surface area contributed by atoms with E-state index in [0.717, 1.165) is 11.3 Å². The highest BCUT2D eigenvalue weighted by atomic mass is 16.6. The zero-order valence-electron chi connectivity index (χ0n) is 19.1. The molecule has 172 valence electrons. The molecule has 3 heterocycles. The Morgan fingerprint density at radius 3 is 2.70 bits per heavy atom. The van der Waals surface area contributed by atoms with Crippen molar-refractivity contribution < 1.29 is 19.1 Å². The number of nitrogens with two attached hydrogens (primary N) is 1. The van der Waals surface area contributed by atoms with E-state index < -0.39 is 22.9 Å². The SMILES string of the molecule is CC(C)(C)C(=O)c1c[nH]c2ncc(-c3cccc(N4CCC(C)(C(=O)OC(N)=O)C4)c3)nc12. The summed E-state index contributed by atoms with van der Waals surface area (Å²) < 4.78 is 4.63. The quantitative estimate of drug-likeness (QED) is 0.353. The van der Waals surface area contributed by atoms with Crippen LogP contribution < -0.4 is 10.6 Å². The molecule has 4 rings (SSSR count). The molecule has 1 saturated heterocycles. The Kier molecular flexibility index (Phi) is 5.43. The molecular formula is C24H27N5O4. The van der Waals surface area contributed by atoms with Crippen LogP contribution >= 0.6 is 0 Å². The molecule has 1 amide bonds. The van der Waals surface area contributed by atoms with Gasteiger partial charge in [0.1, 0.15) is 5.52 Å². The standard InChI is InChI=1S/C24H27N5O4/c1-23(2,3)19(30)16-11-26-20-18(16)28-17(12-27-20)14-6-5-7-15(10-14)29-9-8-24(4,13-29)21(31)33-22(25)32/h5-7,10-12H,8-9,13H2,1-4H3,(H2,25,32)(H,26,27). The number of esters is 1. The third-order valence-electron chi connectivity index (χ3n) is 5.97. The Hall–Kier alpha value is -3.75. The number of aromatic nitrogens is 3. The lowest BCUT2D eigenvalue weighted by Gasteiger charge is -2.23. The highest BCUT2D eigenvalue weighted by Gasteiger charge is 2.42. The number of benzene rings is 1. The summed E-state index contributed by atoms with van der Waals surface area (Å²) >= 11 is 0. The van der Waals surface area contributed by atoms with Gasteiger partial charge in [-0.25, -0.2) is 14.8 Å². The monoisotopic (exact) mass is 449 g/mol. The average molecular weight is 450 g/mol. The second-order valence-corrected chi connectivity index (χ2v) is 9.73. The molecule has 9 nitrogen and oxygen atoms in total. The topological polar surface area (TPSA) is 131 Å². The highest BCUT2D eigenvalue weighted by Crippen LogP contribution is 2.36. The number of hydrogen-bond donors (Lipinski definition) is 2. The Labute approximate surface area is 191 Å². The van der Waals surface area contributed by atoms with Crippen molar-refractivity contribution in [3.05, 3.63) is 42.2 Å². The molecule has 1 aliphatic rings. The summed E-state index contributed by atoms with van der Waals surface area (Å²) in [4.78, 5) is 50.4. The zero-order valence-corrected chi connectivity index (χ0v) is 19.1. The van der Waals surface area contributed by atoms with Gasteiger partial charge in [0.2, 0.25) is 0 Å². The van der Waals surface area contributed by atoms with E-state index in [1.807, 2.05) is 45.0 Å². The van der Waals surface area contributed by atoms with E-state index in [1.165, 1.54) is 0 Å². The van der Waals surface area contributed by atoms with Crippen LogP contribution in [0.15, 0.2) is 36.7 Å². The van der Waals surface area contributed by atoms with Crippen molar-refractivity contribution in [2.24, 2.45) is 16.6 Å². The Balaban J connectivity index is 1.63. The van der Waals surface area contributed by atoms with Gasteiger partial charge in [0.15, 0.2) is 11.4 Å². The number of rotatable bonds is 4. The normalized spacial score (nSPS) is 18.5. The summed E-state index contributed by atoms with van der Waals surface area (Å²) in [5.74, 6) is -0.623. The number of nitrogens with zero attached hydrogens (tertiary/aromatic N) is 3. The predicted molar refractivity (Wildman–Crippen MR) is 124 cm³/mol. The summed E-state index contributed by atoms with van der Waals surface area (Å²) in [7, 11) is 0. The molecule has 0 saturated carbocycles. The molecule has 3 aromatic rings. The molecule has 1 aromatic carbocycles. The highest BCUT2D eigenvalue weighted by molar-refractivity contribution is 6.08. The van der Waals surface area contributed by atoms with Crippen molar-refractivity contribution in [1.29, 1.82) is 0 Å². The van der Waals surface area contributed by atoms with Gasteiger partial charge < -0.3 is 20.4 Å². The molecule has 0 bridgehead atoms. The molecule has 1 fully saturated rings. The molecule has 0 radical (unpaired) electrons. The van der Waals surface area contributed by atoms with Gasteiger partial charge in [-0.15, -0.1) is 0 Å². The first-order valence-electron chi connectivity index (χ1n) is 10.7. The number of ether oxygens (including phenoxy) is 1. The third-order valence-corrected chi connectivity index (χ3v) is 5.97. The summed E-state index contributed by atoms with van der Waals surface area (Å²) in [6.07, 6.45) is 2.78. The number of amides is 1. The average Bonchev–Trinajstić information content (AvgIpc) is 3.36. The van der Waals surface area contributed by atoms with Gasteiger partial charge >= 0.3 is 12.1 Å². The Morgan fingerprint density at radius 1 is 1.24 bits per heavy atom. The number of carbonyl (C=O) groups is 3. The van der Waals surface area contributed by atoms with E-state index in [4.69, 9.17) is 10.7 Å². The molecule has 1 aliphatic heterocycles. The Bertz CT molecular complexity index is 1260. The molecule has 0 spiro atoms. The fraction of sp³-hybridized carbons (Fsp3) is 0.375. The van der Waals surface area contributed by atoms with Crippen molar-refractivity contribution in [1.82, 2.24) is 15.0 Å². The molecule has 0 aliphatic carbocycles. The van der Waals surface area contributed by atoms with Gasteiger partial charge in [-0.2, -0.15) is 0 Å². The summed E-state index contributed by atoms with van der Waals surface area (Å²) in [5.41, 5.74) is 7.65. The molecular weight excluding hydrogens is 422 g/mol. The number of H-pyrrole nitrogens is 1. The Morgan fingerprint density at radius 2 is 2.00 bits per heavy atom. The van der Waals surface area contributed by atoms with Gasteiger partial charge in [-0.05, 0) is 25.5 Å². The van der Waals surface area contributed by atoms with E-state index in [1.54, 1.807) is 19.3 Å². The molecule has 1 unspecified atom stereocenters. The summed E-state index contributed by atoms with van der Waals surface area (Å²) in [6.45, 7) is 8.41. The predicted octanol–water partition coefficient (Wildman–Crippen LogP) is 3.69. The first kappa shape index (κ1) is 22.4. The number of carbonyl (C=O) groups excluding carboxylic acids is 3. The van der Waals surface area contributed by atoms with Gasteiger partial charge in [-0.3, -0.25) is 9.59 Å². The molecule has 3 N–H and O–H groups in total. The van der Waals surface area contributed by atoms with Gasteiger partial charge in [0.05, 0.1) is 22.9 Å². The van der Waals surface area contributed by atoms with Crippen molar-refractivity contribution in [2.75, 3.05) is 18.0 Å². The van der Waals surface area contributed by atoms with Crippen LogP contribution in [0.1, 0.15) is 44.5 Å². The number of anilines is 1. The number of aromatic amines is 1. The van der Waals surface area contributed by atoms with Crippen LogP contribution in [0, 0.1) is 10.8 Å². The molecule has 9 heteroatoms. The van der Waals surface area contributed by atoms with Crippen molar-refractivity contribution in [3.8, 4) is 11.3 Å². The van der Waals surface area contributed by atoms with Gasteiger partial charge in [0, 0.05) is 36.0 Å². The molecule has 2 aromatic heterocycles. The van der Waals surface area contributed by atoms with Crippen LogP contribution in [0.5, 0.6) is 0 Å². The van der Waals surface area contributed by atoms with Crippen molar-refractivity contribution in [3.63, 3.8) is 0 Å². The van der Waals surface area contributed by atoms with Crippen LogP contribution in [-0.2, 0) is 9.53 Å². The lowest BCUT2D eigenvalue weighted by Crippen LogP contribution is -2.36. The van der Waals surface area contributed by atoms with Crippen LogP contribution in [-0.4, -0.2) is 45.9 Å². The number of Topliss-reactive ketones (excluding diaryl/α,β-unsaturated/α-hetero) is 1. The minimum Gasteiger partial charge on any atom is -0.376 e. The van der Waals surface area contributed by atoms with Gasteiger partial charge in [-0.1, -0.05) is 32.9 Å². The lowest BCUT2D eigenvalue weighted by molar-refractivity contribution is -0.146. The van der Waals surface area contributed by atoms with E-state index in [2.05, 4.69) is 19.6 Å². The summed E-state index contributed by atoms with van der Waals surface area (Å²) in [6, 6.07) is 7.75. The number of nitrogens with one attached hydrogen (secondary N) is 1. The number of ketones is 1. The van der Waals surface area contributed by atoms with Crippen LogP contribution in [0.4, 0.5) is 10.5 Å². The number of hydrogen-bond acceptors (Lipinski definition) is 7. The number of fused-ring (bicyclic) bond motifs is 1. The lowest BCUT2D eigenvalue weighted by atomic mass is 9.87. The largest absolute Gasteiger partial charge is 0.412 e. The molecule has 33 heavy (non-hydrogen) atoms. The van der Waals surface area contributed by atoms with E-state index in [9.17, 15) is 14.4 Å². The first-order chi connectivity index (χ1) is 15.5. The fourth-order valence-corrected chi connectivity index (χ4v) is 4.03. The maximum absolute atomic E-state index is 12.8. The minimum atomic E-state index is -1.09. The van der Waals surface area contributed by atoms with Crippen molar-refractivity contribution >= 4 is 34.7 Å². The third kappa shape index (κ3) is 4.30. The first-order valence-corrected chi connectivity index (χ1v) is 10.7. The maximum atomic E-state index is 12.8. The second kappa shape index (κ2) is 7.99. The van der Waals surface area contributed by atoms with E-state index in [0.29, 0.717) is 41.9 Å². The smallest absolute Gasteiger partial charge is 0.376 e. The van der Waals surface area contributed by atoms with Crippen molar-refractivity contribution in [2.45, 2.75) is 34.1 Å². The summed E-state index contributed by atoms with van der Waals surface area (Å²) in [5, 5.41) is 0. The van der Waals surface area contributed by atoms with Crippen LogP contribution in [0.3, 0.4) is 0 Å². The van der Waals surface area contributed by atoms with Crippen LogP contribution in [0.25, 0.3) is 22.4 Å². The fourth-order valence-electron chi connectivity index (χ4n) is 4.03. The van der Waals surface area contributed by atoms with Crippen LogP contribution in [0.2, 0.25) is 0 Å². The molecule has 1 atom stereocenters. The van der Waals surface area contributed by atoms with E-state index >= 15 is 0 Å². The maximum Gasteiger partial charge on any atom is 0.412 e. The zero-order chi connectivity index (χ0) is 24.0. The second-order valence-electron chi connectivity index (χ2n) is 9.73. The minimum absolute atomic E-state index is 0.00634. The van der Waals surface area contributed by atoms with Gasteiger partial charge in [0.25, 0.3) is 0 Å². The van der Waals surface area contributed by atoms with E-state index in [-0.39, 0.29) is 5.78 Å². The number of primary amides is 1.